The molecule has 1 saturated carbocycles. The Labute approximate surface area is 247 Å². The number of H-pyrrole nitrogens is 2. The molecule has 0 unspecified atom stereocenters. The lowest BCUT2D eigenvalue weighted by atomic mass is 9.90. The second kappa shape index (κ2) is 11.0. The Morgan fingerprint density at radius 1 is 0.795 bits per heavy atom. The Morgan fingerprint density at radius 2 is 1.36 bits per heavy atom. The second-order valence-electron chi connectivity index (χ2n) is 10.1. The van der Waals surface area contributed by atoms with E-state index in [0.29, 0.717) is 17.2 Å². The monoisotopic (exact) mass is 668 g/mol. The van der Waals surface area contributed by atoms with Crippen molar-refractivity contribution >= 4 is 93.2 Å². The van der Waals surface area contributed by atoms with Crippen LogP contribution in [0.3, 0.4) is 0 Å². The van der Waals surface area contributed by atoms with Crippen LogP contribution in [0.4, 0.5) is 5.82 Å². The van der Waals surface area contributed by atoms with Gasteiger partial charge in [-0.1, -0.05) is 43.5 Å². The topological polar surface area (TPSA) is 98.4 Å². The summed E-state index contributed by atoms with van der Waals surface area (Å²) in [7, 11) is 4.35. The molecule has 3 N–H and O–H groups in total. The maximum atomic E-state index is 6.04. The lowest BCUT2D eigenvalue weighted by Crippen LogP contribution is -2.36. The van der Waals surface area contributed by atoms with Crippen LogP contribution in [0.15, 0.2) is 58.0 Å². The van der Waals surface area contributed by atoms with Crippen LogP contribution >= 0.6 is 43.5 Å². The maximum Gasteiger partial charge on any atom is 0.143 e. The predicted octanol–water partition coefficient (Wildman–Crippen LogP) is 7.69. The summed E-state index contributed by atoms with van der Waals surface area (Å²) < 4.78 is 2.08. The molecule has 1 aliphatic rings. The first-order chi connectivity index (χ1) is 18.9. The molecule has 0 radical (unpaired) electrons. The van der Waals surface area contributed by atoms with Crippen molar-refractivity contribution in [2.75, 3.05) is 19.4 Å². The standard InChI is InChI=1S/C18H22BrN5.C10H5BrClN3/c1-24(2)13-6-4-12(5-7-13)22-17-16-14-9-11(19)3-8-15(14)23-18(16)21-10-20-17;11-5-1-2-7-6(3-5)8-9(12)13-4-14-10(8)15-7/h3,8-10,12-13H,4-7H2,1-2H3,(H2,20,21,22,23);1-4H,(H,13,14,15). The van der Waals surface area contributed by atoms with E-state index in [1.54, 1.807) is 6.33 Å². The molecule has 0 spiro atoms. The summed E-state index contributed by atoms with van der Waals surface area (Å²) in [6.45, 7) is 0. The minimum absolute atomic E-state index is 0.476. The molecule has 0 amide bonds. The van der Waals surface area contributed by atoms with Gasteiger partial charge >= 0.3 is 0 Å². The van der Waals surface area contributed by atoms with Crippen molar-refractivity contribution in [1.82, 2.24) is 34.8 Å². The third kappa shape index (κ3) is 5.35. The van der Waals surface area contributed by atoms with E-state index in [4.69, 9.17) is 11.6 Å². The van der Waals surface area contributed by atoms with Gasteiger partial charge in [0.2, 0.25) is 0 Å². The Bertz CT molecular complexity index is 1790. The van der Waals surface area contributed by atoms with Gasteiger partial charge in [0.15, 0.2) is 0 Å². The smallest absolute Gasteiger partial charge is 0.143 e. The SMILES string of the molecule is CN(C)C1CCC(Nc2ncnc3[nH]c4ccc(Br)cc4c23)CC1.Clc1ncnc2[nH]c3ccc(Br)cc3c12. The molecule has 1 aliphatic carbocycles. The highest BCUT2D eigenvalue weighted by molar-refractivity contribution is 9.10. The summed E-state index contributed by atoms with van der Waals surface area (Å²) in [5.74, 6) is 0.942. The zero-order valence-electron chi connectivity index (χ0n) is 21.5. The fourth-order valence-electron chi connectivity index (χ4n) is 5.39. The number of aromatic amines is 2. The Hall–Kier alpha value is -2.79. The van der Waals surface area contributed by atoms with E-state index < -0.39 is 0 Å². The summed E-state index contributed by atoms with van der Waals surface area (Å²) in [6.07, 6.45) is 7.92. The van der Waals surface area contributed by atoms with E-state index in [1.165, 1.54) is 32.0 Å². The van der Waals surface area contributed by atoms with E-state index in [9.17, 15) is 0 Å². The number of aromatic nitrogens is 6. The molecule has 0 bridgehead atoms. The van der Waals surface area contributed by atoms with Crippen LogP contribution in [0.1, 0.15) is 25.7 Å². The number of nitrogens with one attached hydrogen (secondary N) is 3. The third-order valence-electron chi connectivity index (χ3n) is 7.42. The molecule has 0 aliphatic heterocycles. The van der Waals surface area contributed by atoms with Gasteiger partial charge in [0.25, 0.3) is 0 Å². The molecular formula is C28H27Br2ClN8. The third-order valence-corrected chi connectivity index (χ3v) is 8.70. The molecule has 39 heavy (non-hydrogen) atoms. The van der Waals surface area contributed by atoms with Crippen LogP contribution < -0.4 is 5.32 Å². The van der Waals surface area contributed by atoms with Gasteiger partial charge in [-0.2, -0.15) is 0 Å². The van der Waals surface area contributed by atoms with Gasteiger partial charge in [0.1, 0.15) is 34.9 Å². The molecule has 0 atom stereocenters. The number of hydrogen-bond donors (Lipinski definition) is 3. The Morgan fingerprint density at radius 3 is 1.97 bits per heavy atom. The molecule has 4 heterocycles. The van der Waals surface area contributed by atoms with Crippen molar-refractivity contribution in [3.05, 3.63) is 63.2 Å². The van der Waals surface area contributed by atoms with Gasteiger partial charge in [-0.25, -0.2) is 19.9 Å². The Kier molecular flexibility index (Phi) is 7.45. The molecule has 4 aromatic heterocycles. The number of fused-ring (bicyclic) bond motifs is 6. The fourth-order valence-corrected chi connectivity index (χ4v) is 6.35. The molecule has 8 nitrogen and oxygen atoms in total. The van der Waals surface area contributed by atoms with Crippen LogP contribution in [0.5, 0.6) is 0 Å². The van der Waals surface area contributed by atoms with Crippen molar-refractivity contribution in [2.24, 2.45) is 0 Å². The minimum atomic E-state index is 0.476. The van der Waals surface area contributed by atoms with Gasteiger partial charge in [-0.15, -0.1) is 0 Å². The molecule has 11 heteroatoms. The molecule has 1 fully saturated rings. The zero-order chi connectivity index (χ0) is 27.1. The highest BCUT2D eigenvalue weighted by Gasteiger charge is 2.23. The van der Waals surface area contributed by atoms with E-state index in [1.807, 2.05) is 24.3 Å². The van der Waals surface area contributed by atoms with Gasteiger partial charge in [-0.3, -0.25) is 0 Å². The largest absolute Gasteiger partial charge is 0.367 e. The Balaban J connectivity index is 0.000000158. The van der Waals surface area contributed by atoms with E-state index in [-0.39, 0.29) is 0 Å². The second-order valence-corrected chi connectivity index (χ2v) is 12.3. The summed E-state index contributed by atoms with van der Waals surface area (Å²) in [6, 6.07) is 13.4. The average Bonchev–Trinajstić information content (AvgIpc) is 3.48. The van der Waals surface area contributed by atoms with Crippen molar-refractivity contribution in [3.8, 4) is 0 Å². The molecule has 0 saturated heterocycles. The zero-order valence-corrected chi connectivity index (χ0v) is 25.4. The van der Waals surface area contributed by atoms with Gasteiger partial charge in [0, 0.05) is 42.8 Å². The summed E-state index contributed by atoms with van der Waals surface area (Å²) in [5.41, 5.74) is 3.76. The van der Waals surface area contributed by atoms with Crippen LogP contribution in [0.2, 0.25) is 5.15 Å². The first kappa shape index (κ1) is 26.4. The summed E-state index contributed by atoms with van der Waals surface area (Å²) in [4.78, 5) is 26.0. The normalized spacial score (nSPS) is 17.7. The highest BCUT2D eigenvalue weighted by atomic mass is 79.9. The quantitative estimate of drug-likeness (QED) is 0.167. The van der Waals surface area contributed by atoms with Crippen LogP contribution in [-0.4, -0.2) is 61.0 Å². The van der Waals surface area contributed by atoms with E-state index >= 15 is 0 Å². The number of halogens is 3. The van der Waals surface area contributed by atoms with Crippen LogP contribution in [0, 0.1) is 0 Å². The van der Waals surface area contributed by atoms with E-state index in [2.05, 4.69) is 98.2 Å². The molecule has 6 aromatic rings. The number of nitrogens with zero attached hydrogens (tertiary/aromatic N) is 5. The lowest BCUT2D eigenvalue weighted by Gasteiger charge is -2.33. The van der Waals surface area contributed by atoms with Gasteiger partial charge < -0.3 is 20.2 Å². The summed E-state index contributed by atoms with van der Waals surface area (Å²) in [5, 5.41) is 8.30. The minimum Gasteiger partial charge on any atom is -0.367 e. The van der Waals surface area contributed by atoms with Crippen LogP contribution in [0.25, 0.3) is 43.9 Å². The summed E-state index contributed by atoms with van der Waals surface area (Å²) >= 11 is 13.0. The predicted molar refractivity (Wildman–Crippen MR) is 167 cm³/mol. The van der Waals surface area contributed by atoms with Crippen LogP contribution in [-0.2, 0) is 0 Å². The van der Waals surface area contributed by atoms with Gasteiger partial charge in [0.05, 0.1) is 10.8 Å². The number of hydrogen-bond acceptors (Lipinski definition) is 6. The molecular weight excluding hydrogens is 644 g/mol. The molecule has 200 valence electrons. The van der Waals surface area contributed by atoms with Gasteiger partial charge in [-0.05, 0) is 76.2 Å². The highest BCUT2D eigenvalue weighted by Crippen LogP contribution is 2.33. The molecule has 2 aromatic carbocycles. The number of benzene rings is 2. The van der Waals surface area contributed by atoms with Crippen molar-refractivity contribution in [1.29, 1.82) is 0 Å². The fraction of sp³-hybridized carbons (Fsp3) is 0.286. The maximum absolute atomic E-state index is 6.04. The average molecular weight is 671 g/mol. The number of rotatable bonds is 3. The van der Waals surface area contributed by atoms with Crippen molar-refractivity contribution in [3.63, 3.8) is 0 Å². The van der Waals surface area contributed by atoms with Crippen molar-refractivity contribution in [2.45, 2.75) is 37.8 Å². The van der Waals surface area contributed by atoms with E-state index in [0.717, 1.165) is 58.6 Å². The lowest BCUT2D eigenvalue weighted by molar-refractivity contribution is 0.221. The first-order valence-electron chi connectivity index (χ1n) is 12.8. The number of anilines is 1. The first-order valence-corrected chi connectivity index (χ1v) is 14.8. The van der Waals surface area contributed by atoms with Crippen molar-refractivity contribution < 1.29 is 0 Å². The molecule has 7 rings (SSSR count).